The number of pyridine rings is 1. The summed E-state index contributed by atoms with van der Waals surface area (Å²) in [6.07, 6.45) is 3.64. The number of hydrogen-bond donors (Lipinski definition) is 0. The highest BCUT2D eigenvalue weighted by Gasteiger charge is 2.24. The van der Waals surface area contributed by atoms with Gasteiger partial charge >= 0.3 is 5.97 Å². The van der Waals surface area contributed by atoms with E-state index >= 15 is 0 Å². The average molecular weight is 354 g/mol. The molecule has 1 saturated carbocycles. The fourth-order valence-corrected chi connectivity index (χ4v) is 2.67. The molecule has 0 bridgehead atoms. The Kier molecular flexibility index (Phi) is 4.87. The van der Waals surface area contributed by atoms with Crippen molar-refractivity contribution in [2.45, 2.75) is 26.3 Å². The minimum atomic E-state index is -0.782. The monoisotopic (exact) mass is 353 g/mol. The molecule has 3 rings (SSSR count). The molecule has 24 heavy (non-hydrogen) atoms. The number of hydrogen-bond acceptors (Lipinski definition) is 4. The number of carbonyl (C=O) groups excluding carboxylic acids is 1. The van der Waals surface area contributed by atoms with Crippen LogP contribution in [0.3, 0.4) is 0 Å². The van der Waals surface area contributed by atoms with Crippen LogP contribution in [0.2, 0.25) is 5.02 Å². The molecule has 128 valence electrons. The van der Waals surface area contributed by atoms with Crippen molar-refractivity contribution >= 4 is 28.5 Å². The minimum Gasteiger partial charge on any atom is -0.435 e. The number of fused-ring (bicyclic) bond motifs is 1. The number of esters is 1. The van der Waals surface area contributed by atoms with E-state index in [-0.39, 0.29) is 22.8 Å². The van der Waals surface area contributed by atoms with E-state index in [1.807, 2.05) is 0 Å². The molecule has 0 amide bonds. The first-order chi connectivity index (χ1) is 11.5. The zero-order valence-corrected chi connectivity index (χ0v) is 13.9. The molecular weight excluding hydrogens is 337 g/mol. The molecule has 0 saturated heterocycles. The summed E-state index contributed by atoms with van der Waals surface area (Å²) in [6.45, 7) is 2.56. The summed E-state index contributed by atoms with van der Waals surface area (Å²) in [5.41, 5.74) is -0.196. The molecular formula is C17H17ClFNO4. The molecule has 1 heterocycles. The Morgan fingerprint density at radius 1 is 1.42 bits per heavy atom. The van der Waals surface area contributed by atoms with E-state index in [0.29, 0.717) is 24.6 Å². The summed E-state index contributed by atoms with van der Waals surface area (Å²) in [5.74, 6) is -0.985. The molecule has 1 aliphatic carbocycles. The molecule has 1 fully saturated rings. The Morgan fingerprint density at radius 3 is 2.83 bits per heavy atom. The van der Waals surface area contributed by atoms with Gasteiger partial charge in [0.05, 0.1) is 10.5 Å². The third kappa shape index (κ3) is 3.44. The molecule has 0 N–H and O–H groups in total. The van der Waals surface area contributed by atoms with Crippen LogP contribution in [0.1, 0.15) is 30.1 Å². The van der Waals surface area contributed by atoms with Crippen LogP contribution in [0.5, 0.6) is 0 Å². The highest BCUT2D eigenvalue weighted by molar-refractivity contribution is 6.31. The summed E-state index contributed by atoms with van der Waals surface area (Å²) >= 11 is 5.85. The van der Waals surface area contributed by atoms with E-state index in [1.54, 1.807) is 11.5 Å². The number of ether oxygens (including phenoxy) is 2. The lowest BCUT2D eigenvalue weighted by Gasteiger charge is -2.13. The summed E-state index contributed by atoms with van der Waals surface area (Å²) < 4.78 is 25.5. The highest BCUT2D eigenvalue weighted by Crippen LogP contribution is 2.32. The van der Waals surface area contributed by atoms with Gasteiger partial charge in [-0.1, -0.05) is 11.6 Å². The predicted octanol–water partition coefficient (Wildman–Crippen LogP) is 3.35. The summed E-state index contributed by atoms with van der Waals surface area (Å²) in [7, 11) is 0. The van der Waals surface area contributed by atoms with Gasteiger partial charge in [-0.2, -0.15) is 0 Å². The number of rotatable bonds is 6. The van der Waals surface area contributed by atoms with E-state index in [1.165, 1.54) is 12.3 Å². The summed E-state index contributed by atoms with van der Waals surface area (Å²) in [5, 5.41) is 0.0570. The second-order valence-corrected chi connectivity index (χ2v) is 6.20. The van der Waals surface area contributed by atoms with Gasteiger partial charge in [0.2, 0.25) is 5.43 Å². The number of aromatic nitrogens is 1. The Labute approximate surface area is 142 Å². The molecule has 0 atom stereocenters. The predicted molar refractivity (Wildman–Crippen MR) is 87.8 cm³/mol. The van der Waals surface area contributed by atoms with Crippen LogP contribution in [0.15, 0.2) is 23.1 Å². The fourth-order valence-electron chi connectivity index (χ4n) is 2.52. The highest BCUT2D eigenvalue weighted by atomic mass is 35.5. The van der Waals surface area contributed by atoms with Crippen LogP contribution >= 0.6 is 11.6 Å². The van der Waals surface area contributed by atoms with E-state index < -0.39 is 17.2 Å². The molecule has 5 nitrogen and oxygen atoms in total. The Morgan fingerprint density at radius 2 is 2.17 bits per heavy atom. The van der Waals surface area contributed by atoms with Crippen LogP contribution in [0, 0.1) is 11.7 Å². The van der Waals surface area contributed by atoms with Crippen LogP contribution < -0.4 is 5.43 Å². The first-order valence-corrected chi connectivity index (χ1v) is 8.16. The van der Waals surface area contributed by atoms with Gasteiger partial charge in [-0.3, -0.25) is 4.79 Å². The van der Waals surface area contributed by atoms with Crippen LogP contribution in [0.25, 0.3) is 10.9 Å². The van der Waals surface area contributed by atoms with Gasteiger partial charge < -0.3 is 14.0 Å². The normalized spacial score (nSPS) is 14.1. The molecule has 0 radical (unpaired) electrons. The van der Waals surface area contributed by atoms with Crippen LogP contribution in [-0.4, -0.2) is 23.9 Å². The van der Waals surface area contributed by atoms with Crippen molar-refractivity contribution in [1.29, 1.82) is 0 Å². The van der Waals surface area contributed by atoms with Crippen molar-refractivity contribution in [2.24, 2.45) is 5.92 Å². The molecule has 2 aromatic rings. The van der Waals surface area contributed by atoms with Gasteiger partial charge in [0.15, 0.2) is 6.79 Å². The maximum atomic E-state index is 13.8. The third-order valence-electron chi connectivity index (χ3n) is 3.97. The van der Waals surface area contributed by atoms with Gasteiger partial charge in [-0.25, -0.2) is 9.18 Å². The van der Waals surface area contributed by atoms with E-state index in [9.17, 15) is 14.0 Å². The fraction of sp³-hybridized carbons (Fsp3) is 0.412. The van der Waals surface area contributed by atoms with Gasteiger partial charge in [0, 0.05) is 24.7 Å². The lowest BCUT2D eigenvalue weighted by molar-refractivity contribution is -0.0275. The topological polar surface area (TPSA) is 57.5 Å². The number of halogens is 2. The van der Waals surface area contributed by atoms with Gasteiger partial charge in [0.25, 0.3) is 0 Å². The Balaban J connectivity index is 2.08. The first kappa shape index (κ1) is 16.9. The smallest absolute Gasteiger partial charge is 0.345 e. The van der Waals surface area contributed by atoms with Gasteiger partial charge in [-0.15, -0.1) is 0 Å². The van der Waals surface area contributed by atoms with E-state index in [4.69, 9.17) is 21.1 Å². The van der Waals surface area contributed by atoms with Crippen LogP contribution in [-0.2, 0) is 16.0 Å². The van der Waals surface area contributed by atoms with E-state index in [2.05, 4.69) is 0 Å². The second kappa shape index (κ2) is 6.91. The minimum absolute atomic E-state index is 0.0573. The first-order valence-electron chi connectivity index (χ1n) is 7.78. The van der Waals surface area contributed by atoms with Crippen molar-refractivity contribution in [3.05, 3.63) is 45.0 Å². The van der Waals surface area contributed by atoms with Crippen LogP contribution in [0.4, 0.5) is 4.39 Å². The zero-order valence-electron chi connectivity index (χ0n) is 13.2. The molecule has 0 unspecified atom stereocenters. The Hall–Kier alpha value is -1.92. The van der Waals surface area contributed by atoms with Crippen molar-refractivity contribution < 1.29 is 18.7 Å². The molecule has 7 heteroatoms. The van der Waals surface area contributed by atoms with Crippen molar-refractivity contribution in [3.8, 4) is 0 Å². The molecule has 1 aromatic heterocycles. The summed E-state index contributed by atoms with van der Waals surface area (Å²) in [4.78, 5) is 24.7. The molecule has 1 aromatic carbocycles. The maximum Gasteiger partial charge on any atom is 0.345 e. The van der Waals surface area contributed by atoms with Crippen molar-refractivity contribution in [1.82, 2.24) is 4.57 Å². The Bertz CT molecular complexity index is 845. The number of carbonyl (C=O) groups is 1. The maximum absolute atomic E-state index is 13.8. The van der Waals surface area contributed by atoms with Gasteiger partial charge in [0.1, 0.15) is 11.4 Å². The SMILES string of the molecule is CCOCOC(=O)c1cn(CC2CC2)c2cc(Cl)c(F)cc2c1=O. The van der Waals surface area contributed by atoms with Gasteiger partial charge in [-0.05, 0) is 37.8 Å². The second-order valence-electron chi connectivity index (χ2n) is 5.79. The molecule has 0 spiro atoms. The zero-order chi connectivity index (χ0) is 17.3. The quantitative estimate of drug-likeness (QED) is 0.454. The largest absolute Gasteiger partial charge is 0.435 e. The molecule has 0 aliphatic heterocycles. The lowest BCUT2D eigenvalue weighted by Crippen LogP contribution is -2.22. The lowest BCUT2D eigenvalue weighted by atomic mass is 10.1. The standard InChI is InChI=1S/C17H17ClFNO4/c1-2-23-9-24-17(22)12-8-20(7-10-3-4-10)15-6-13(18)14(19)5-11(15)16(12)21/h5-6,8,10H,2-4,7,9H2,1H3. The third-order valence-corrected chi connectivity index (χ3v) is 4.26. The van der Waals surface area contributed by atoms with E-state index in [0.717, 1.165) is 18.9 Å². The molecule has 1 aliphatic rings. The summed E-state index contributed by atoms with van der Waals surface area (Å²) in [6, 6.07) is 2.49. The number of nitrogens with zero attached hydrogens (tertiary/aromatic N) is 1. The van der Waals surface area contributed by atoms with Crippen molar-refractivity contribution in [2.75, 3.05) is 13.4 Å². The van der Waals surface area contributed by atoms with Crippen molar-refractivity contribution in [3.63, 3.8) is 0 Å². The average Bonchev–Trinajstić information content (AvgIpc) is 3.36. The number of benzene rings is 1.